The number of carbonyl (C=O) groups excluding carboxylic acids is 1. The van der Waals surface area contributed by atoms with Gasteiger partial charge >= 0.3 is 0 Å². The predicted octanol–water partition coefficient (Wildman–Crippen LogP) is -0.215. The number of anilines is 2. The summed E-state index contributed by atoms with van der Waals surface area (Å²) in [5.74, 6) is -0.131. The highest BCUT2D eigenvalue weighted by molar-refractivity contribution is 7.88. The summed E-state index contributed by atoms with van der Waals surface area (Å²) in [4.78, 5) is 13.9. The third kappa shape index (κ3) is 4.69. The number of nitrogens with one attached hydrogen (secondary N) is 1. The van der Waals surface area contributed by atoms with Crippen LogP contribution >= 0.6 is 0 Å². The Kier molecular flexibility index (Phi) is 4.81. The molecule has 0 spiro atoms. The molecule has 2 rings (SSSR count). The van der Waals surface area contributed by atoms with Crippen LogP contribution in [0, 0.1) is 0 Å². The smallest absolute Gasteiger partial charge is 0.238 e. The first kappa shape index (κ1) is 15.7. The molecule has 0 atom stereocenters. The lowest BCUT2D eigenvalue weighted by Crippen LogP contribution is -2.50. The minimum Gasteiger partial charge on any atom is -0.399 e. The van der Waals surface area contributed by atoms with Crippen LogP contribution < -0.4 is 11.1 Å². The normalized spacial score (nSPS) is 17.6. The lowest BCUT2D eigenvalue weighted by atomic mass is 10.3. The standard InChI is InChI=1S/C13H20N4O3S/c1-21(19,20)17-7-5-16(6-8-17)10-13(18)15-12-4-2-3-11(14)9-12/h2-4,9H,5-8,10,14H2,1H3,(H,15,18). The van der Waals surface area contributed by atoms with E-state index in [2.05, 4.69) is 5.32 Å². The highest BCUT2D eigenvalue weighted by Crippen LogP contribution is 2.12. The number of carbonyl (C=O) groups is 1. The fourth-order valence-corrected chi connectivity index (χ4v) is 3.07. The van der Waals surface area contributed by atoms with Gasteiger partial charge in [-0.2, -0.15) is 4.31 Å². The molecule has 1 aliphatic rings. The second kappa shape index (κ2) is 6.42. The van der Waals surface area contributed by atoms with Gasteiger partial charge in [-0.1, -0.05) is 6.07 Å². The molecule has 3 N–H and O–H groups in total. The van der Waals surface area contributed by atoms with Crippen LogP contribution in [0.25, 0.3) is 0 Å². The van der Waals surface area contributed by atoms with E-state index >= 15 is 0 Å². The van der Waals surface area contributed by atoms with Gasteiger partial charge in [0, 0.05) is 37.6 Å². The van der Waals surface area contributed by atoms with Crippen molar-refractivity contribution in [1.29, 1.82) is 0 Å². The van der Waals surface area contributed by atoms with E-state index < -0.39 is 10.0 Å². The molecule has 0 bridgehead atoms. The summed E-state index contributed by atoms with van der Waals surface area (Å²) in [5.41, 5.74) is 6.90. The highest BCUT2D eigenvalue weighted by Gasteiger charge is 2.24. The van der Waals surface area contributed by atoms with Crippen LogP contribution in [0.3, 0.4) is 0 Å². The lowest BCUT2D eigenvalue weighted by molar-refractivity contribution is -0.117. The molecule has 0 aromatic heterocycles. The van der Waals surface area contributed by atoms with E-state index in [1.54, 1.807) is 24.3 Å². The number of sulfonamides is 1. The van der Waals surface area contributed by atoms with Gasteiger partial charge < -0.3 is 11.1 Å². The number of amides is 1. The molecule has 1 heterocycles. The summed E-state index contributed by atoms with van der Waals surface area (Å²) >= 11 is 0. The summed E-state index contributed by atoms with van der Waals surface area (Å²) < 4.78 is 24.2. The zero-order valence-corrected chi connectivity index (χ0v) is 12.8. The summed E-state index contributed by atoms with van der Waals surface area (Å²) in [6.07, 6.45) is 1.20. The first-order valence-electron chi connectivity index (χ1n) is 6.67. The largest absolute Gasteiger partial charge is 0.399 e. The quantitative estimate of drug-likeness (QED) is 0.750. The molecule has 1 fully saturated rings. The Morgan fingerprint density at radius 2 is 1.95 bits per heavy atom. The van der Waals surface area contributed by atoms with Crippen LogP contribution in [0.4, 0.5) is 11.4 Å². The Hall–Kier alpha value is -1.64. The topological polar surface area (TPSA) is 95.7 Å². The Morgan fingerprint density at radius 1 is 1.29 bits per heavy atom. The highest BCUT2D eigenvalue weighted by atomic mass is 32.2. The van der Waals surface area contributed by atoms with Crippen LogP contribution in [0.1, 0.15) is 0 Å². The second-order valence-corrected chi connectivity index (χ2v) is 7.09. The molecule has 0 radical (unpaired) electrons. The monoisotopic (exact) mass is 312 g/mol. The maximum atomic E-state index is 11.9. The van der Waals surface area contributed by atoms with Crippen LogP contribution in [0.5, 0.6) is 0 Å². The number of hydrogen-bond donors (Lipinski definition) is 2. The van der Waals surface area contributed by atoms with Crippen LogP contribution in [0.2, 0.25) is 0 Å². The van der Waals surface area contributed by atoms with E-state index in [0.29, 0.717) is 37.6 Å². The molecular formula is C13H20N4O3S. The van der Waals surface area contributed by atoms with Crippen molar-refractivity contribution in [2.75, 3.05) is 50.0 Å². The van der Waals surface area contributed by atoms with Crippen molar-refractivity contribution in [3.05, 3.63) is 24.3 Å². The van der Waals surface area contributed by atoms with E-state index in [4.69, 9.17) is 5.73 Å². The van der Waals surface area contributed by atoms with E-state index in [9.17, 15) is 13.2 Å². The first-order chi connectivity index (χ1) is 9.84. The van der Waals surface area contributed by atoms with Gasteiger partial charge in [0.05, 0.1) is 12.8 Å². The van der Waals surface area contributed by atoms with E-state index in [1.165, 1.54) is 10.6 Å². The minimum absolute atomic E-state index is 0.131. The van der Waals surface area contributed by atoms with Crippen LogP contribution in [-0.2, 0) is 14.8 Å². The Bertz CT molecular complexity index is 610. The number of hydrogen-bond acceptors (Lipinski definition) is 5. The van der Waals surface area contributed by atoms with E-state index in [1.807, 2.05) is 4.90 Å². The molecule has 1 saturated heterocycles. The maximum Gasteiger partial charge on any atom is 0.238 e. The molecule has 0 saturated carbocycles. The average molecular weight is 312 g/mol. The van der Waals surface area contributed by atoms with E-state index in [-0.39, 0.29) is 12.5 Å². The number of piperazine rings is 1. The molecular weight excluding hydrogens is 292 g/mol. The molecule has 1 aromatic carbocycles. The van der Waals surface area contributed by atoms with Crippen molar-refractivity contribution in [1.82, 2.24) is 9.21 Å². The molecule has 1 amide bonds. The van der Waals surface area contributed by atoms with E-state index in [0.717, 1.165) is 0 Å². The third-order valence-electron chi connectivity index (χ3n) is 3.34. The van der Waals surface area contributed by atoms with Crippen molar-refractivity contribution in [2.45, 2.75) is 0 Å². The van der Waals surface area contributed by atoms with Crippen molar-refractivity contribution in [3.63, 3.8) is 0 Å². The molecule has 0 aliphatic carbocycles. The minimum atomic E-state index is -3.14. The van der Waals surface area contributed by atoms with Gasteiger partial charge in [-0.15, -0.1) is 0 Å². The Morgan fingerprint density at radius 3 is 2.52 bits per heavy atom. The molecule has 21 heavy (non-hydrogen) atoms. The number of benzene rings is 1. The second-order valence-electron chi connectivity index (χ2n) is 5.11. The van der Waals surface area contributed by atoms with Gasteiger partial charge in [0.15, 0.2) is 0 Å². The van der Waals surface area contributed by atoms with Gasteiger partial charge in [0.2, 0.25) is 15.9 Å². The fourth-order valence-electron chi connectivity index (χ4n) is 2.24. The molecule has 7 nitrogen and oxygen atoms in total. The molecule has 116 valence electrons. The first-order valence-corrected chi connectivity index (χ1v) is 8.52. The van der Waals surface area contributed by atoms with Crippen molar-refractivity contribution in [2.24, 2.45) is 0 Å². The van der Waals surface area contributed by atoms with Crippen LogP contribution in [-0.4, -0.2) is 62.5 Å². The van der Waals surface area contributed by atoms with Crippen molar-refractivity contribution < 1.29 is 13.2 Å². The zero-order chi connectivity index (χ0) is 15.5. The van der Waals surface area contributed by atoms with Crippen molar-refractivity contribution >= 4 is 27.3 Å². The number of nitrogens with zero attached hydrogens (tertiary/aromatic N) is 2. The zero-order valence-electron chi connectivity index (χ0n) is 11.9. The Balaban J connectivity index is 1.82. The van der Waals surface area contributed by atoms with Gasteiger partial charge in [0.25, 0.3) is 0 Å². The molecule has 8 heteroatoms. The predicted molar refractivity (Wildman–Crippen MR) is 82.3 cm³/mol. The molecule has 0 unspecified atom stereocenters. The Labute approximate surface area is 124 Å². The summed E-state index contributed by atoms with van der Waals surface area (Å²) in [6.45, 7) is 2.19. The number of nitrogens with two attached hydrogens (primary N) is 1. The lowest BCUT2D eigenvalue weighted by Gasteiger charge is -2.32. The molecule has 1 aromatic rings. The SMILES string of the molecule is CS(=O)(=O)N1CCN(CC(=O)Nc2cccc(N)c2)CC1. The summed E-state index contributed by atoms with van der Waals surface area (Å²) in [6, 6.07) is 6.99. The summed E-state index contributed by atoms with van der Waals surface area (Å²) in [7, 11) is -3.14. The third-order valence-corrected chi connectivity index (χ3v) is 4.64. The molecule has 1 aliphatic heterocycles. The van der Waals surface area contributed by atoms with Crippen molar-refractivity contribution in [3.8, 4) is 0 Å². The average Bonchev–Trinajstić information content (AvgIpc) is 2.38. The van der Waals surface area contributed by atoms with Gasteiger partial charge in [-0.25, -0.2) is 8.42 Å². The van der Waals surface area contributed by atoms with Gasteiger partial charge in [0.1, 0.15) is 0 Å². The maximum absolute atomic E-state index is 11.9. The van der Waals surface area contributed by atoms with Crippen LogP contribution in [0.15, 0.2) is 24.3 Å². The fraction of sp³-hybridized carbons (Fsp3) is 0.462. The number of nitrogen functional groups attached to an aromatic ring is 1. The summed E-state index contributed by atoms with van der Waals surface area (Å²) in [5, 5.41) is 2.78. The van der Waals surface area contributed by atoms with Gasteiger partial charge in [-0.3, -0.25) is 9.69 Å². The van der Waals surface area contributed by atoms with Gasteiger partial charge in [-0.05, 0) is 18.2 Å². The number of rotatable bonds is 4.